The maximum absolute atomic E-state index is 13.2. The van der Waals surface area contributed by atoms with Gasteiger partial charge in [-0.3, -0.25) is 9.36 Å². The molecule has 0 spiro atoms. The first-order chi connectivity index (χ1) is 15.5. The lowest BCUT2D eigenvalue weighted by Gasteiger charge is -2.23. The normalized spacial score (nSPS) is 15.7. The van der Waals surface area contributed by atoms with Crippen molar-refractivity contribution >= 4 is 28.8 Å². The van der Waals surface area contributed by atoms with Crippen molar-refractivity contribution in [3.8, 4) is 23.6 Å². The first-order valence-corrected chi connectivity index (χ1v) is 10.4. The largest absolute Gasteiger partial charge is 0.496 e. The summed E-state index contributed by atoms with van der Waals surface area (Å²) in [5.41, 5.74) is 7.67. The van der Waals surface area contributed by atoms with Gasteiger partial charge in [0.2, 0.25) is 0 Å². The van der Waals surface area contributed by atoms with Crippen molar-refractivity contribution in [1.29, 1.82) is 10.5 Å². The molecule has 2 heterocycles. The number of allylic oxidation sites excluding steroid dienone is 1. The van der Waals surface area contributed by atoms with E-state index in [4.69, 9.17) is 15.2 Å². The maximum atomic E-state index is 13.2. The third kappa shape index (κ3) is 3.24. The Morgan fingerprint density at radius 1 is 1.00 bits per heavy atom. The second-order valence-electron chi connectivity index (χ2n) is 6.91. The fraction of sp³-hybridized carbons (Fsp3) is 0.125. The summed E-state index contributed by atoms with van der Waals surface area (Å²) in [6.07, 6.45) is 1.70. The highest BCUT2D eigenvalue weighted by Crippen LogP contribution is 2.39. The number of benzene rings is 2. The molecule has 1 unspecified atom stereocenters. The van der Waals surface area contributed by atoms with Crippen molar-refractivity contribution < 1.29 is 9.47 Å². The van der Waals surface area contributed by atoms with Crippen molar-refractivity contribution in [3.05, 3.63) is 84.8 Å². The summed E-state index contributed by atoms with van der Waals surface area (Å²) >= 11 is 1.15. The molecular formula is C24H18N4O3S. The molecule has 1 atom stereocenters. The van der Waals surface area contributed by atoms with E-state index >= 15 is 0 Å². The Hall–Kier alpha value is -4.27. The van der Waals surface area contributed by atoms with E-state index in [9.17, 15) is 15.3 Å². The van der Waals surface area contributed by atoms with Crippen LogP contribution in [-0.4, -0.2) is 18.8 Å². The van der Waals surface area contributed by atoms with Crippen LogP contribution < -0.4 is 30.0 Å². The van der Waals surface area contributed by atoms with Crippen LogP contribution in [0.4, 0.5) is 0 Å². The highest BCUT2D eigenvalue weighted by atomic mass is 32.1. The predicted molar refractivity (Wildman–Crippen MR) is 122 cm³/mol. The van der Waals surface area contributed by atoms with Gasteiger partial charge in [-0.2, -0.15) is 10.5 Å². The van der Waals surface area contributed by atoms with Crippen LogP contribution in [0.15, 0.2) is 58.9 Å². The third-order valence-corrected chi connectivity index (χ3v) is 6.37. The summed E-state index contributed by atoms with van der Waals surface area (Å²) in [4.78, 5) is 13.2. The SMILES string of the molecule is COc1ccccc1/C=c1/sc2n(c1=O)C(N)=C(C#N)C(c1ccccc1OC)C=2C#N. The lowest BCUT2D eigenvalue weighted by atomic mass is 9.84. The van der Waals surface area contributed by atoms with Gasteiger partial charge in [0.1, 0.15) is 22.0 Å². The van der Waals surface area contributed by atoms with Crippen LogP contribution >= 0.6 is 11.3 Å². The van der Waals surface area contributed by atoms with Gasteiger partial charge in [0.15, 0.2) is 0 Å². The van der Waals surface area contributed by atoms with Crippen molar-refractivity contribution in [2.24, 2.45) is 5.73 Å². The Morgan fingerprint density at radius 3 is 2.28 bits per heavy atom. The first-order valence-electron chi connectivity index (χ1n) is 9.59. The molecule has 32 heavy (non-hydrogen) atoms. The molecular weight excluding hydrogens is 424 g/mol. The number of rotatable bonds is 4. The van der Waals surface area contributed by atoms with Crippen molar-refractivity contribution in [1.82, 2.24) is 4.57 Å². The number of aromatic nitrogens is 1. The van der Waals surface area contributed by atoms with Gasteiger partial charge in [-0.1, -0.05) is 36.4 Å². The van der Waals surface area contributed by atoms with E-state index in [0.717, 1.165) is 11.3 Å². The molecule has 1 aliphatic rings. The highest BCUT2D eigenvalue weighted by Gasteiger charge is 2.33. The Balaban J connectivity index is 2.08. The van der Waals surface area contributed by atoms with Gasteiger partial charge in [0.25, 0.3) is 5.56 Å². The molecule has 4 rings (SSSR count). The Bertz CT molecular complexity index is 1520. The fourth-order valence-corrected chi connectivity index (χ4v) is 4.91. The fourth-order valence-electron chi connectivity index (χ4n) is 3.79. The number of thiazole rings is 1. The number of hydrogen-bond acceptors (Lipinski definition) is 7. The zero-order valence-electron chi connectivity index (χ0n) is 17.3. The minimum absolute atomic E-state index is 0.0123. The van der Waals surface area contributed by atoms with Gasteiger partial charge in [-0.15, -0.1) is 11.3 Å². The lowest BCUT2D eigenvalue weighted by Crippen LogP contribution is -2.38. The van der Waals surface area contributed by atoms with E-state index in [1.165, 1.54) is 11.7 Å². The molecule has 0 fully saturated rings. The first kappa shape index (κ1) is 21.0. The van der Waals surface area contributed by atoms with Crippen LogP contribution in [0.25, 0.3) is 17.5 Å². The van der Waals surface area contributed by atoms with E-state index in [2.05, 4.69) is 12.1 Å². The average molecular weight is 443 g/mol. The summed E-state index contributed by atoms with van der Waals surface area (Å²) in [5.74, 6) is 0.413. The summed E-state index contributed by atoms with van der Waals surface area (Å²) in [7, 11) is 3.08. The van der Waals surface area contributed by atoms with Crippen LogP contribution in [0, 0.1) is 22.7 Å². The van der Waals surface area contributed by atoms with Gasteiger partial charge < -0.3 is 15.2 Å². The van der Waals surface area contributed by atoms with Gasteiger partial charge in [0.05, 0.1) is 48.0 Å². The number of methoxy groups -OCH3 is 2. The van der Waals surface area contributed by atoms with Gasteiger partial charge in [-0.25, -0.2) is 0 Å². The molecule has 0 radical (unpaired) electrons. The average Bonchev–Trinajstić information content (AvgIpc) is 3.15. The number of fused-ring (bicyclic) bond motifs is 1. The Kier molecular flexibility index (Phi) is 5.55. The van der Waals surface area contributed by atoms with E-state index < -0.39 is 11.5 Å². The van der Waals surface area contributed by atoms with Crippen molar-refractivity contribution in [2.75, 3.05) is 14.2 Å². The second kappa shape index (κ2) is 8.46. The molecule has 0 saturated heterocycles. The minimum atomic E-state index is -0.738. The molecule has 8 heteroatoms. The number of nitriles is 2. The second-order valence-corrected chi connectivity index (χ2v) is 7.94. The maximum Gasteiger partial charge on any atom is 0.274 e. The van der Waals surface area contributed by atoms with Crippen molar-refractivity contribution in [3.63, 3.8) is 0 Å². The molecule has 0 bridgehead atoms. The van der Waals surface area contributed by atoms with Crippen LogP contribution in [0.2, 0.25) is 0 Å². The smallest absolute Gasteiger partial charge is 0.274 e. The summed E-state index contributed by atoms with van der Waals surface area (Å²) in [5, 5.41) is 20.0. The van der Waals surface area contributed by atoms with E-state index in [0.29, 0.717) is 31.8 Å². The standard InChI is InChI=1S/C24H18N4O3S/c1-30-18-9-5-3-7-14(18)11-20-23(29)28-22(27)16(12-25)21(17(13-26)24(28)32-20)15-8-4-6-10-19(15)31-2/h3-11,21H,27H2,1-2H3/b20-11+. The molecule has 2 aromatic carbocycles. The van der Waals surface area contributed by atoms with Crippen LogP contribution in [-0.2, 0) is 0 Å². The number of nitrogens with two attached hydrogens (primary N) is 1. The summed E-state index contributed by atoms with van der Waals surface area (Å²) in [6.45, 7) is 0. The molecule has 0 saturated carbocycles. The monoisotopic (exact) mass is 442 g/mol. The van der Waals surface area contributed by atoms with Crippen LogP contribution in [0.3, 0.4) is 0 Å². The zero-order chi connectivity index (χ0) is 22.8. The predicted octanol–water partition coefficient (Wildman–Crippen LogP) is 1.88. The van der Waals surface area contributed by atoms with Gasteiger partial charge in [-0.05, 0) is 18.2 Å². The molecule has 1 aromatic heterocycles. The number of ether oxygens (including phenoxy) is 2. The van der Waals surface area contributed by atoms with E-state index in [1.807, 2.05) is 18.2 Å². The number of nitrogens with zero attached hydrogens (tertiary/aromatic N) is 3. The van der Waals surface area contributed by atoms with E-state index in [-0.39, 0.29) is 17.0 Å². The Labute approximate surface area is 187 Å². The van der Waals surface area contributed by atoms with Gasteiger partial charge >= 0.3 is 0 Å². The number of para-hydroxylation sites is 2. The molecule has 7 nitrogen and oxygen atoms in total. The summed E-state index contributed by atoms with van der Waals surface area (Å²) in [6, 6.07) is 18.8. The molecule has 1 aliphatic heterocycles. The molecule has 0 amide bonds. The number of hydrogen-bond donors (Lipinski definition) is 1. The molecule has 0 aliphatic carbocycles. The van der Waals surface area contributed by atoms with Crippen LogP contribution in [0.1, 0.15) is 17.0 Å². The van der Waals surface area contributed by atoms with E-state index in [1.54, 1.807) is 43.5 Å². The lowest BCUT2D eigenvalue weighted by molar-refractivity contribution is 0.409. The highest BCUT2D eigenvalue weighted by molar-refractivity contribution is 7.07. The summed E-state index contributed by atoms with van der Waals surface area (Å²) < 4.78 is 12.8. The minimum Gasteiger partial charge on any atom is -0.496 e. The van der Waals surface area contributed by atoms with Crippen molar-refractivity contribution in [2.45, 2.75) is 5.92 Å². The molecule has 2 N–H and O–H groups in total. The molecule has 3 aromatic rings. The van der Waals surface area contributed by atoms with Crippen LogP contribution in [0.5, 0.6) is 11.5 Å². The molecule has 158 valence electrons. The zero-order valence-corrected chi connectivity index (χ0v) is 18.1. The van der Waals surface area contributed by atoms with Gasteiger partial charge in [0, 0.05) is 11.1 Å². The Morgan fingerprint density at radius 2 is 1.62 bits per heavy atom. The topological polar surface area (TPSA) is 114 Å². The quantitative estimate of drug-likeness (QED) is 0.660. The third-order valence-electron chi connectivity index (χ3n) is 5.26.